The van der Waals surface area contributed by atoms with Crippen LogP contribution < -0.4 is 16.4 Å². The van der Waals surface area contributed by atoms with Crippen molar-refractivity contribution < 1.29 is 23.9 Å². The molecular weight excluding hydrogens is 338 g/mol. The van der Waals surface area contributed by atoms with E-state index in [-0.39, 0.29) is 55.4 Å². The van der Waals surface area contributed by atoms with Crippen molar-refractivity contribution in [1.29, 1.82) is 0 Å². The summed E-state index contributed by atoms with van der Waals surface area (Å²) in [6.45, 7) is 8.01. The Morgan fingerprint density at radius 1 is 1.04 bits per heavy atom. The summed E-state index contributed by atoms with van der Waals surface area (Å²) in [6, 6.07) is -0.649. The second kappa shape index (κ2) is 13.4. The highest BCUT2D eigenvalue weighted by Gasteiger charge is 2.27. The molecule has 0 spiro atoms. The van der Waals surface area contributed by atoms with Crippen molar-refractivity contribution in [3.63, 3.8) is 0 Å². The van der Waals surface area contributed by atoms with Crippen molar-refractivity contribution in [2.24, 2.45) is 17.6 Å². The SMILES string of the molecule is CC(=O)CCOCCC(=O)N[C@H](C(=O)C[C@@H](C)C(=O)NCCN)C(C)C. The standard InChI is InChI=1S/C18H33N3O5/c1-12(2)17(15(23)11-13(3)18(25)20-8-7-19)21-16(24)6-10-26-9-5-14(4)22/h12-13,17H,5-11,19H2,1-4H3,(H,20,25)(H,21,24)/t13-,17+/m1/s1. The molecule has 0 aliphatic rings. The first-order valence-electron chi connectivity index (χ1n) is 9.06. The fourth-order valence-corrected chi connectivity index (χ4v) is 2.24. The molecule has 0 aromatic carbocycles. The van der Waals surface area contributed by atoms with Crippen LogP contribution in [0.4, 0.5) is 0 Å². The molecule has 0 saturated heterocycles. The maximum absolute atomic E-state index is 12.5. The first-order valence-corrected chi connectivity index (χ1v) is 9.06. The smallest absolute Gasteiger partial charge is 0.223 e. The molecule has 0 bridgehead atoms. The van der Waals surface area contributed by atoms with E-state index in [1.54, 1.807) is 6.92 Å². The van der Waals surface area contributed by atoms with Gasteiger partial charge < -0.3 is 21.1 Å². The highest BCUT2D eigenvalue weighted by Crippen LogP contribution is 2.11. The van der Waals surface area contributed by atoms with Gasteiger partial charge in [-0.2, -0.15) is 0 Å². The summed E-state index contributed by atoms with van der Waals surface area (Å²) < 4.78 is 5.22. The summed E-state index contributed by atoms with van der Waals surface area (Å²) in [4.78, 5) is 47.1. The minimum Gasteiger partial charge on any atom is -0.380 e. The third-order valence-corrected chi connectivity index (χ3v) is 3.80. The second-order valence-corrected chi connectivity index (χ2v) is 6.75. The van der Waals surface area contributed by atoms with Crippen LogP contribution in [0.15, 0.2) is 0 Å². The van der Waals surface area contributed by atoms with Crippen molar-refractivity contribution in [2.45, 2.75) is 53.0 Å². The maximum Gasteiger partial charge on any atom is 0.223 e. The summed E-state index contributed by atoms with van der Waals surface area (Å²) in [6.07, 6.45) is 0.481. The van der Waals surface area contributed by atoms with E-state index in [1.807, 2.05) is 13.8 Å². The van der Waals surface area contributed by atoms with Crippen LogP contribution in [-0.4, -0.2) is 55.7 Å². The maximum atomic E-state index is 12.5. The predicted molar refractivity (Wildman–Crippen MR) is 98.4 cm³/mol. The zero-order valence-electron chi connectivity index (χ0n) is 16.3. The molecule has 26 heavy (non-hydrogen) atoms. The molecule has 0 aromatic rings. The third kappa shape index (κ3) is 10.9. The average Bonchev–Trinajstić information content (AvgIpc) is 2.56. The largest absolute Gasteiger partial charge is 0.380 e. The molecule has 2 atom stereocenters. The van der Waals surface area contributed by atoms with Crippen LogP contribution in [0.25, 0.3) is 0 Å². The molecule has 0 fully saturated rings. The lowest BCUT2D eigenvalue weighted by Crippen LogP contribution is -2.46. The number of hydrogen-bond donors (Lipinski definition) is 3. The van der Waals surface area contributed by atoms with Gasteiger partial charge in [0.25, 0.3) is 0 Å². The Morgan fingerprint density at radius 3 is 2.19 bits per heavy atom. The van der Waals surface area contributed by atoms with Gasteiger partial charge in [0.2, 0.25) is 11.8 Å². The lowest BCUT2D eigenvalue weighted by Gasteiger charge is -2.22. The van der Waals surface area contributed by atoms with Gasteiger partial charge in [-0.15, -0.1) is 0 Å². The zero-order chi connectivity index (χ0) is 20.1. The molecule has 0 aliphatic heterocycles. The summed E-state index contributed by atoms with van der Waals surface area (Å²) in [5.41, 5.74) is 5.34. The van der Waals surface area contributed by atoms with E-state index in [0.717, 1.165) is 0 Å². The van der Waals surface area contributed by atoms with Gasteiger partial charge in [0.05, 0.1) is 19.3 Å². The predicted octanol–water partition coefficient (Wildman–Crippen LogP) is 0.183. The summed E-state index contributed by atoms with van der Waals surface area (Å²) >= 11 is 0. The van der Waals surface area contributed by atoms with Crippen molar-refractivity contribution in [3.05, 3.63) is 0 Å². The lowest BCUT2D eigenvalue weighted by molar-refractivity contribution is -0.132. The number of ketones is 2. The number of ether oxygens (including phenoxy) is 1. The second-order valence-electron chi connectivity index (χ2n) is 6.75. The van der Waals surface area contributed by atoms with E-state index < -0.39 is 12.0 Å². The molecule has 0 aromatic heterocycles. The van der Waals surface area contributed by atoms with E-state index in [4.69, 9.17) is 10.5 Å². The Kier molecular flexibility index (Phi) is 12.5. The summed E-state index contributed by atoms with van der Waals surface area (Å²) in [7, 11) is 0. The van der Waals surface area contributed by atoms with Crippen LogP contribution in [0.2, 0.25) is 0 Å². The van der Waals surface area contributed by atoms with Gasteiger partial charge in [0.1, 0.15) is 5.78 Å². The molecule has 0 heterocycles. The Labute approximate surface area is 155 Å². The number of carbonyl (C=O) groups excluding carboxylic acids is 4. The lowest BCUT2D eigenvalue weighted by atomic mass is 9.92. The minimum absolute atomic E-state index is 0.0320. The Morgan fingerprint density at radius 2 is 1.65 bits per heavy atom. The number of Topliss-reactive ketones (excluding diaryl/α,β-unsaturated/α-hetero) is 2. The Bertz CT molecular complexity index is 479. The third-order valence-electron chi connectivity index (χ3n) is 3.80. The first-order chi connectivity index (χ1) is 12.2. The number of carbonyl (C=O) groups is 4. The van der Waals surface area contributed by atoms with Gasteiger partial charge in [0.15, 0.2) is 5.78 Å². The molecule has 0 unspecified atom stereocenters. The normalized spacial score (nSPS) is 13.2. The molecular formula is C18H33N3O5. The van der Waals surface area contributed by atoms with Crippen LogP contribution in [-0.2, 0) is 23.9 Å². The van der Waals surface area contributed by atoms with Crippen LogP contribution in [0, 0.1) is 11.8 Å². The minimum atomic E-state index is -0.649. The van der Waals surface area contributed by atoms with Crippen LogP contribution in [0.1, 0.15) is 47.0 Å². The van der Waals surface area contributed by atoms with Crippen molar-refractivity contribution in [2.75, 3.05) is 26.3 Å². The average molecular weight is 371 g/mol. The molecule has 0 saturated carbocycles. The van der Waals surface area contributed by atoms with E-state index in [9.17, 15) is 19.2 Å². The van der Waals surface area contributed by atoms with E-state index in [0.29, 0.717) is 19.5 Å². The molecule has 8 heteroatoms. The number of hydrogen-bond acceptors (Lipinski definition) is 6. The molecule has 0 radical (unpaired) electrons. The van der Waals surface area contributed by atoms with Gasteiger partial charge in [0, 0.05) is 38.3 Å². The van der Waals surface area contributed by atoms with Gasteiger partial charge in [-0.25, -0.2) is 0 Å². The fourth-order valence-electron chi connectivity index (χ4n) is 2.24. The zero-order valence-corrected chi connectivity index (χ0v) is 16.3. The van der Waals surface area contributed by atoms with Crippen molar-refractivity contribution >= 4 is 23.4 Å². The number of nitrogens with one attached hydrogen (secondary N) is 2. The molecule has 150 valence electrons. The molecule has 0 rings (SSSR count). The highest BCUT2D eigenvalue weighted by molar-refractivity contribution is 5.92. The van der Waals surface area contributed by atoms with Crippen molar-refractivity contribution in [1.82, 2.24) is 10.6 Å². The number of amides is 2. The quantitative estimate of drug-likeness (QED) is 0.374. The van der Waals surface area contributed by atoms with Crippen LogP contribution in [0.3, 0.4) is 0 Å². The molecule has 4 N–H and O–H groups in total. The monoisotopic (exact) mass is 371 g/mol. The van der Waals surface area contributed by atoms with E-state index >= 15 is 0 Å². The number of nitrogens with two attached hydrogens (primary N) is 1. The van der Waals surface area contributed by atoms with E-state index in [1.165, 1.54) is 6.92 Å². The number of rotatable bonds is 14. The summed E-state index contributed by atoms with van der Waals surface area (Å²) in [5, 5.41) is 5.37. The van der Waals surface area contributed by atoms with Gasteiger partial charge in [-0.05, 0) is 12.8 Å². The highest BCUT2D eigenvalue weighted by atomic mass is 16.5. The first kappa shape index (κ1) is 24.2. The van der Waals surface area contributed by atoms with Crippen LogP contribution in [0.5, 0.6) is 0 Å². The van der Waals surface area contributed by atoms with Crippen molar-refractivity contribution in [3.8, 4) is 0 Å². The molecule has 2 amide bonds. The van der Waals surface area contributed by atoms with Crippen LogP contribution >= 0.6 is 0 Å². The fraction of sp³-hybridized carbons (Fsp3) is 0.778. The van der Waals surface area contributed by atoms with Gasteiger partial charge in [-0.3, -0.25) is 19.2 Å². The van der Waals surface area contributed by atoms with Gasteiger partial charge in [-0.1, -0.05) is 20.8 Å². The van der Waals surface area contributed by atoms with Gasteiger partial charge >= 0.3 is 0 Å². The molecule has 8 nitrogen and oxygen atoms in total. The Balaban J connectivity index is 4.40. The van der Waals surface area contributed by atoms with E-state index in [2.05, 4.69) is 10.6 Å². The Hall–Kier alpha value is -1.80. The summed E-state index contributed by atoms with van der Waals surface area (Å²) in [5.74, 6) is -1.24. The topological polar surface area (TPSA) is 128 Å². The molecule has 0 aliphatic carbocycles.